The molecule has 0 spiro atoms. The number of rotatable bonds is 6. The molecule has 0 bridgehead atoms. The minimum atomic E-state index is 0.725. The molecule has 2 rings (SSSR count). The summed E-state index contributed by atoms with van der Waals surface area (Å²) in [6, 6.07) is 4.13. The number of hydrogen-bond acceptors (Lipinski definition) is 3. The number of H-pyrrole nitrogens is 1. The fraction of sp³-hybridized carbons (Fsp3) is 0.538. The van der Waals surface area contributed by atoms with E-state index >= 15 is 0 Å². The van der Waals surface area contributed by atoms with Crippen molar-refractivity contribution in [2.75, 3.05) is 0 Å². The Balaban J connectivity index is 2.04. The first kappa shape index (κ1) is 13.5. The molecule has 0 amide bonds. The maximum Gasteiger partial charge on any atom is 0.195 e. The number of unbranched alkanes of at least 4 members (excludes halogenated alkanes) is 1. The Morgan fingerprint density at radius 1 is 1.44 bits per heavy atom. The smallest absolute Gasteiger partial charge is 0.195 e. The summed E-state index contributed by atoms with van der Waals surface area (Å²) in [5.41, 5.74) is 0. The van der Waals surface area contributed by atoms with Crippen molar-refractivity contribution in [3.8, 4) is 10.7 Å². The van der Waals surface area contributed by atoms with Crippen molar-refractivity contribution in [3.63, 3.8) is 0 Å². The van der Waals surface area contributed by atoms with Crippen LogP contribution in [0.4, 0.5) is 0 Å². The molecule has 0 aliphatic rings. The minimum absolute atomic E-state index is 0.725. The van der Waals surface area contributed by atoms with E-state index in [2.05, 4.69) is 40.1 Å². The van der Waals surface area contributed by atoms with Gasteiger partial charge in [0.05, 0.1) is 4.88 Å². The maximum absolute atomic E-state index is 5.30. The summed E-state index contributed by atoms with van der Waals surface area (Å²) < 4.78 is 2.84. The number of thiophene rings is 1. The van der Waals surface area contributed by atoms with Gasteiger partial charge in [0, 0.05) is 6.54 Å². The molecule has 0 aliphatic carbocycles. The van der Waals surface area contributed by atoms with E-state index in [9.17, 15) is 0 Å². The Morgan fingerprint density at radius 2 is 2.28 bits per heavy atom. The van der Waals surface area contributed by atoms with Crippen molar-refractivity contribution in [2.24, 2.45) is 5.92 Å². The third-order valence-corrected chi connectivity index (χ3v) is 4.09. The lowest BCUT2D eigenvalue weighted by Crippen LogP contribution is -2.01. The van der Waals surface area contributed by atoms with Gasteiger partial charge in [-0.25, -0.2) is 0 Å². The van der Waals surface area contributed by atoms with E-state index in [0.29, 0.717) is 0 Å². The maximum atomic E-state index is 5.30. The number of aromatic amines is 1. The number of aromatic nitrogens is 3. The summed E-state index contributed by atoms with van der Waals surface area (Å²) in [6.07, 6.45) is 3.68. The summed E-state index contributed by atoms with van der Waals surface area (Å²) in [5, 5.41) is 9.29. The van der Waals surface area contributed by atoms with Crippen molar-refractivity contribution in [1.82, 2.24) is 14.8 Å². The average molecular weight is 281 g/mol. The SMILES string of the molecule is CC(C)CCCCn1c(-c2cccs2)n[nH]c1=S. The van der Waals surface area contributed by atoms with Crippen LogP contribution in [0.1, 0.15) is 33.1 Å². The van der Waals surface area contributed by atoms with Crippen LogP contribution < -0.4 is 0 Å². The molecule has 0 saturated heterocycles. The molecular weight excluding hydrogens is 262 g/mol. The Labute approximate surface area is 117 Å². The van der Waals surface area contributed by atoms with Gasteiger partial charge in [0.25, 0.3) is 0 Å². The minimum Gasteiger partial charge on any atom is -0.299 e. The molecule has 5 heteroatoms. The first-order valence-corrected chi connectivity index (χ1v) is 7.66. The van der Waals surface area contributed by atoms with Crippen molar-refractivity contribution in [2.45, 2.75) is 39.7 Å². The Kier molecular flexibility index (Phi) is 4.72. The van der Waals surface area contributed by atoms with Crippen LogP contribution in [0.3, 0.4) is 0 Å². The van der Waals surface area contributed by atoms with Crippen LogP contribution in [0.25, 0.3) is 10.7 Å². The van der Waals surface area contributed by atoms with Gasteiger partial charge in [-0.2, -0.15) is 5.10 Å². The van der Waals surface area contributed by atoms with Crippen LogP contribution in [0.15, 0.2) is 17.5 Å². The van der Waals surface area contributed by atoms with E-state index in [1.807, 2.05) is 6.07 Å². The standard InChI is InChI=1S/C13H19N3S2/c1-10(2)6-3-4-8-16-12(14-15-13(16)17)11-7-5-9-18-11/h5,7,9-10H,3-4,6,8H2,1-2H3,(H,15,17). The fourth-order valence-corrected chi connectivity index (χ4v) is 2.89. The Morgan fingerprint density at radius 3 is 2.94 bits per heavy atom. The monoisotopic (exact) mass is 281 g/mol. The summed E-state index contributed by atoms with van der Waals surface area (Å²) in [5.74, 6) is 1.75. The number of nitrogens with one attached hydrogen (secondary N) is 1. The predicted octanol–water partition coefficient (Wildman–Crippen LogP) is 4.50. The van der Waals surface area contributed by atoms with Crippen LogP contribution in [-0.4, -0.2) is 14.8 Å². The molecule has 2 aromatic heterocycles. The second kappa shape index (κ2) is 6.29. The van der Waals surface area contributed by atoms with E-state index in [1.54, 1.807) is 11.3 Å². The second-order valence-corrected chi connectivity index (χ2v) is 6.21. The predicted molar refractivity (Wildman–Crippen MR) is 79.4 cm³/mol. The van der Waals surface area contributed by atoms with E-state index in [1.165, 1.54) is 17.7 Å². The molecule has 0 aliphatic heterocycles. The highest BCUT2D eigenvalue weighted by Crippen LogP contribution is 2.23. The third-order valence-electron chi connectivity index (χ3n) is 2.91. The molecule has 0 unspecified atom stereocenters. The molecular formula is C13H19N3S2. The summed E-state index contributed by atoms with van der Waals surface area (Å²) in [7, 11) is 0. The summed E-state index contributed by atoms with van der Waals surface area (Å²) >= 11 is 7.00. The van der Waals surface area contributed by atoms with Gasteiger partial charge in [-0.1, -0.05) is 32.8 Å². The first-order valence-electron chi connectivity index (χ1n) is 6.37. The van der Waals surface area contributed by atoms with Crippen LogP contribution in [0, 0.1) is 10.7 Å². The van der Waals surface area contributed by atoms with Crippen LogP contribution >= 0.6 is 23.6 Å². The van der Waals surface area contributed by atoms with E-state index < -0.39 is 0 Å². The first-order chi connectivity index (χ1) is 8.68. The number of hydrogen-bond donors (Lipinski definition) is 1. The molecule has 0 saturated carbocycles. The number of nitrogens with zero attached hydrogens (tertiary/aromatic N) is 2. The topological polar surface area (TPSA) is 33.6 Å². The van der Waals surface area contributed by atoms with Gasteiger partial charge in [-0.15, -0.1) is 11.3 Å². The largest absolute Gasteiger partial charge is 0.299 e. The lowest BCUT2D eigenvalue weighted by Gasteiger charge is -2.07. The van der Waals surface area contributed by atoms with Gasteiger partial charge >= 0.3 is 0 Å². The zero-order valence-electron chi connectivity index (χ0n) is 10.8. The Hall–Kier alpha value is -0.940. The van der Waals surface area contributed by atoms with Crippen molar-refractivity contribution < 1.29 is 0 Å². The van der Waals surface area contributed by atoms with Gasteiger partial charge < -0.3 is 0 Å². The molecule has 0 atom stereocenters. The fourth-order valence-electron chi connectivity index (χ4n) is 1.94. The van der Waals surface area contributed by atoms with Gasteiger partial charge in [0.15, 0.2) is 10.6 Å². The van der Waals surface area contributed by atoms with Gasteiger partial charge in [-0.05, 0) is 36.0 Å². The molecule has 98 valence electrons. The van der Waals surface area contributed by atoms with Gasteiger partial charge in [-0.3, -0.25) is 9.67 Å². The molecule has 1 N–H and O–H groups in total. The molecule has 0 fully saturated rings. The highest BCUT2D eigenvalue weighted by molar-refractivity contribution is 7.71. The Bertz CT molecular complexity index is 523. The normalized spacial score (nSPS) is 11.3. The van der Waals surface area contributed by atoms with Crippen molar-refractivity contribution >= 4 is 23.6 Å². The molecule has 0 aromatic carbocycles. The van der Waals surface area contributed by atoms with E-state index in [-0.39, 0.29) is 0 Å². The average Bonchev–Trinajstić information content (AvgIpc) is 2.94. The van der Waals surface area contributed by atoms with E-state index in [4.69, 9.17) is 12.2 Å². The molecule has 2 aromatic rings. The third kappa shape index (κ3) is 3.29. The molecule has 2 heterocycles. The van der Waals surface area contributed by atoms with Crippen LogP contribution in [0.5, 0.6) is 0 Å². The summed E-state index contributed by atoms with van der Waals surface area (Å²) in [4.78, 5) is 1.17. The lowest BCUT2D eigenvalue weighted by molar-refractivity contribution is 0.509. The van der Waals surface area contributed by atoms with Crippen molar-refractivity contribution in [1.29, 1.82) is 0 Å². The zero-order chi connectivity index (χ0) is 13.0. The highest BCUT2D eigenvalue weighted by Gasteiger charge is 2.09. The molecule has 18 heavy (non-hydrogen) atoms. The quantitative estimate of drug-likeness (QED) is 0.625. The van der Waals surface area contributed by atoms with Crippen LogP contribution in [0.2, 0.25) is 0 Å². The van der Waals surface area contributed by atoms with Crippen LogP contribution in [-0.2, 0) is 6.54 Å². The highest BCUT2D eigenvalue weighted by atomic mass is 32.1. The molecule has 0 radical (unpaired) electrons. The second-order valence-electron chi connectivity index (χ2n) is 4.87. The van der Waals surface area contributed by atoms with Crippen molar-refractivity contribution in [3.05, 3.63) is 22.3 Å². The summed E-state index contributed by atoms with van der Waals surface area (Å²) in [6.45, 7) is 5.48. The van der Waals surface area contributed by atoms with Gasteiger partial charge in [0.1, 0.15) is 0 Å². The van der Waals surface area contributed by atoms with Gasteiger partial charge in [0.2, 0.25) is 0 Å². The molecule has 3 nitrogen and oxygen atoms in total. The van der Waals surface area contributed by atoms with E-state index in [0.717, 1.165) is 29.5 Å². The zero-order valence-corrected chi connectivity index (χ0v) is 12.5. The lowest BCUT2D eigenvalue weighted by atomic mass is 10.1.